The van der Waals surface area contributed by atoms with Crippen molar-refractivity contribution in [2.75, 3.05) is 13.1 Å². The summed E-state index contributed by atoms with van der Waals surface area (Å²) in [5.41, 5.74) is 0. The third kappa shape index (κ3) is 3.57. The van der Waals surface area contributed by atoms with Crippen LogP contribution in [0.5, 0.6) is 0 Å². The van der Waals surface area contributed by atoms with Gasteiger partial charge in [0.1, 0.15) is 0 Å². The van der Waals surface area contributed by atoms with Gasteiger partial charge in [-0.1, -0.05) is 27.7 Å². The third-order valence-corrected chi connectivity index (χ3v) is 5.89. The van der Waals surface area contributed by atoms with Crippen LogP contribution in [0.25, 0.3) is 0 Å². The van der Waals surface area contributed by atoms with Gasteiger partial charge in [0.05, 0.1) is 0 Å². The number of hydrogen-bond donors (Lipinski definition) is 1. The van der Waals surface area contributed by atoms with Crippen LogP contribution in [0.1, 0.15) is 66.7 Å². The molecule has 0 aromatic rings. The molecule has 0 aromatic heterocycles. The molecule has 2 heteroatoms. The summed E-state index contributed by atoms with van der Waals surface area (Å²) in [7, 11) is 0. The smallest absolute Gasteiger partial charge is 0.0278 e. The zero-order valence-corrected chi connectivity index (χ0v) is 14.4. The molecule has 2 rings (SSSR count). The highest BCUT2D eigenvalue weighted by atomic mass is 15.2. The van der Waals surface area contributed by atoms with E-state index >= 15 is 0 Å². The molecule has 6 atom stereocenters. The number of rotatable bonds is 4. The normalized spacial score (nSPS) is 43.6. The highest BCUT2D eigenvalue weighted by Gasteiger charge is 2.40. The molecule has 0 amide bonds. The van der Waals surface area contributed by atoms with Gasteiger partial charge in [-0.2, -0.15) is 0 Å². The van der Waals surface area contributed by atoms with Gasteiger partial charge in [-0.25, -0.2) is 0 Å². The first-order valence-corrected chi connectivity index (χ1v) is 9.03. The van der Waals surface area contributed by atoms with Crippen LogP contribution < -0.4 is 5.32 Å². The van der Waals surface area contributed by atoms with Crippen molar-refractivity contribution in [3.8, 4) is 0 Å². The molecule has 0 bridgehead atoms. The Labute approximate surface area is 126 Å². The first-order chi connectivity index (χ1) is 9.54. The van der Waals surface area contributed by atoms with Crippen molar-refractivity contribution >= 4 is 0 Å². The van der Waals surface area contributed by atoms with Crippen LogP contribution in [-0.2, 0) is 0 Å². The Hall–Kier alpha value is -0.0800. The minimum atomic E-state index is 0.710. The fourth-order valence-corrected chi connectivity index (χ4v) is 4.72. The van der Waals surface area contributed by atoms with E-state index in [2.05, 4.69) is 44.8 Å². The van der Waals surface area contributed by atoms with Crippen LogP contribution in [0.3, 0.4) is 0 Å². The van der Waals surface area contributed by atoms with Crippen molar-refractivity contribution in [2.24, 2.45) is 17.8 Å². The van der Waals surface area contributed by atoms with Crippen molar-refractivity contribution in [1.29, 1.82) is 0 Å². The minimum absolute atomic E-state index is 0.710. The predicted octanol–water partition coefficient (Wildman–Crippen LogP) is 3.91. The first-order valence-electron chi connectivity index (χ1n) is 9.03. The van der Waals surface area contributed by atoms with Gasteiger partial charge in [0.25, 0.3) is 0 Å². The van der Waals surface area contributed by atoms with E-state index in [1.54, 1.807) is 0 Å². The molecule has 2 nitrogen and oxygen atoms in total. The van der Waals surface area contributed by atoms with Crippen molar-refractivity contribution in [1.82, 2.24) is 10.2 Å². The Bertz CT molecular complexity index is 291. The minimum Gasteiger partial charge on any atom is -0.312 e. The molecule has 6 unspecified atom stereocenters. The summed E-state index contributed by atoms with van der Waals surface area (Å²) in [5, 5.41) is 3.87. The maximum absolute atomic E-state index is 3.87. The van der Waals surface area contributed by atoms with E-state index in [4.69, 9.17) is 0 Å². The number of nitrogens with one attached hydrogen (secondary N) is 1. The van der Waals surface area contributed by atoms with Gasteiger partial charge in [0.15, 0.2) is 0 Å². The van der Waals surface area contributed by atoms with Crippen LogP contribution in [0, 0.1) is 17.8 Å². The van der Waals surface area contributed by atoms with Crippen LogP contribution >= 0.6 is 0 Å². The van der Waals surface area contributed by atoms with E-state index < -0.39 is 0 Å². The number of nitrogens with zero attached hydrogens (tertiary/aromatic N) is 1. The molecule has 0 aromatic carbocycles. The first kappa shape index (κ1) is 16.3. The van der Waals surface area contributed by atoms with Crippen LogP contribution in [0.15, 0.2) is 0 Å². The molecule has 2 fully saturated rings. The summed E-state index contributed by atoms with van der Waals surface area (Å²) >= 11 is 0. The topological polar surface area (TPSA) is 15.3 Å². The lowest BCUT2D eigenvalue weighted by molar-refractivity contribution is -0.00216. The number of hydrogen-bond acceptors (Lipinski definition) is 2. The van der Waals surface area contributed by atoms with E-state index in [0.29, 0.717) is 6.04 Å². The molecule has 20 heavy (non-hydrogen) atoms. The molecule has 1 heterocycles. The molecule has 2 aliphatic rings. The highest BCUT2D eigenvalue weighted by molar-refractivity contribution is 4.97. The van der Waals surface area contributed by atoms with E-state index in [1.165, 1.54) is 45.2 Å². The van der Waals surface area contributed by atoms with Gasteiger partial charge in [0.2, 0.25) is 0 Å². The fourth-order valence-electron chi connectivity index (χ4n) is 4.72. The molecular weight excluding hydrogens is 244 g/mol. The number of piperidine rings is 1. The second-order valence-electron chi connectivity index (χ2n) is 7.70. The molecule has 1 aliphatic carbocycles. The second kappa shape index (κ2) is 7.26. The summed E-state index contributed by atoms with van der Waals surface area (Å²) in [6.07, 6.45) is 6.84. The van der Waals surface area contributed by atoms with Crippen molar-refractivity contribution in [3.05, 3.63) is 0 Å². The number of likely N-dealkylation sites (tertiary alicyclic amines) is 1. The van der Waals surface area contributed by atoms with Crippen LogP contribution in [0.4, 0.5) is 0 Å². The molecular formula is C18H36N2. The lowest BCUT2D eigenvalue weighted by Crippen LogP contribution is -2.61. The lowest BCUT2D eigenvalue weighted by Gasteiger charge is -2.51. The van der Waals surface area contributed by atoms with Gasteiger partial charge >= 0.3 is 0 Å². The summed E-state index contributed by atoms with van der Waals surface area (Å²) in [6.45, 7) is 14.6. The average Bonchev–Trinajstić information content (AvgIpc) is 2.40. The molecule has 0 radical (unpaired) electrons. The van der Waals surface area contributed by atoms with Gasteiger partial charge in [-0.05, 0) is 69.9 Å². The molecule has 1 N–H and O–H groups in total. The van der Waals surface area contributed by atoms with Gasteiger partial charge in [-0.15, -0.1) is 0 Å². The molecule has 1 saturated heterocycles. The van der Waals surface area contributed by atoms with Crippen molar-refractivity contribution < 1.29 is 0 Å². The lowest BCUT2D eigenvalue weighted by atomic mass is 9.74. The second-order valence-corrected chi connectivity index (χ2v) is 7.70. The monoisotopic (exact) mass is 280 g/mol. The largest absolute Gasteiger partial charge is 0.312 e. The standard InChI is InChI=1S/C18H36N2/c1-6-9-19-17-12-13(2)11-15(4)18(17)20-10-7-8-14(3)16(20)5/h13-19H,6-12H2,1-5H3. The Kier molecular flexibility index (Phi) is 5.92. The Morgan fingerprint density at radius 3 is 2.50 bits per heavy atom. The fraction of sp³-hybridized carbons (Fsp3) is 1.00. The van der Waals surface area contributed by atoms with Crippen LogP contribution in [-0.4, -0.2) is 36.1 Å². The summed E-state index contributed by atoms with van der Waals surface area (Å²) in [5.74, 6) is 2.58. The SMILES string of the molecule is CCCNC1CC(C)CC(C)C1N1CCCC(C)C1C. The van der Waals surface area contributed by atoms with Crippen molar-refractivity contribution in [3.63, 3.8) is 0 Å². The third-order valence-electron chi connectivity index (χ3n) is 5.89. The zero-order chi connectivity index (χ0) is 14.7. The molecule has 118 valence electrons. The van der Waals surface area contributed by atoms with Gasteiger partial charge < -0.3 is 5.32 Å². The van der Waals surface area contributed by atoms with E-state index in [-0.39, 0.29) is 0 Å². The predicted molar refractivity (Wildman–Crippen MR) is 88.0 cm³/mol. The highest BCUT2D eigenvalue weighted by Crippen LogP contribution is 2.36. The van der Waals surface area contributed by atoms with Gasteiger partial charge in [0, 0.05) is 18.1 Å². The van der Waals surface area contributed by atoms with Gasteiger partial charge in [-0.3, -0.25) is 4.90 Å². The molecule has 0 spiro atoms. The molecule has 1 aliphatic heterocycles. The quantitative estimate of drug-likeness (QED) is 0.840. The summed E-state index contributed by atoms with van der Waals surface area (Å²) < 4.78 is 0. The van der Waals surface area contributed by atoms with Crippen LogP contribution in [0.2, 0.25) is 0 Å². The summed E-state index contributed by atoms with van der Waals surface area (Å²) in [4.78, 5) is 2.86. The van der Waals surface area contributed by atoms with E-state index in [0.717, 1.165) is 29.8 Å². The maximum atomic E-state index is 3.87. The Balaban J connectivity index is 2.10. The Morgan fingerprint density at radius 1 is 1.05 bits per heavy atom. The zero-order valence-electron chi connectivity index (χ0n) is 14.4. The van der Waals surface area contributed by atoms with E-state index in [9.17, 15) is 0 Å². The van der Waals surface area contributed by atoms with E-state index in [1.807, 2.05) is 0 Å². The van der Waals surface area contributed by atoms with Crippen molar-refractivity contribution in [2.45, 2.75) is 84.8 Å². The Morgan fingerprint density at radius 2 is 1.80 bits per heavy atom. The molecule has 1 saturated carbocycles. The maximum Gasteiger partial charge on any atom is 0.0278 e. The average molecular weight is 280 g/mol. The summed E-state index contributed by atoms with van der Waals surface area (Å²) in [6, 6.07) is 2.23.